The van der Waals surface area contributed by atoms with Crippen molar-refractivity contribution in [3.8, 4) is 0 Å². The lowest BCUT2D eigenvalue weighted by molar-refractivity contribution is -0.116. The molecular formula is C11H12N2O. The maximum absolute atomic E-state index is 11.3. The minimum absolute atomic E-state index is 0.0869. The van der Waals surface area contributed by atoms with E-state index in [0.29, 0.717) is 5.71 Å². The number of amides is 1. The average Bonchev–Trinajstić information content (AvgIpc) is 2.12. The molecule has 3 heteroatoms. The van der Waals surface area contributed by atoms with E-state index in [1.54, 1.807) is 12.2 Å². The average molecular weight is 188 g/mol. The third kappa shape index (κ3) is 1.21. The molecule has 1 unspecified atom stereocenters. The van der Waals surface area contributed by atoms with Crippen LogP contribution in [0.5, 0.6) is 0 Å². The second-order valence-corrected chi connectivity index (χ2v) is 3.67. The first-order valence-electron chi connectivity index (χ1n) is 4.56. The van der Waals surface area contributed by atoms with Crippen molar-refractivity contribution >= 4 is 11.6 Å². The number of fused-ring (bicyclic) bond motifs is 1. The minimum atomic E-state index is -0.0869. The molecule has 0 bridgehead atoms. The Hall–Kier alpha value is -1.64. The molecule has 1 atom stereocenters. The molecule has 0 fully saturated rings. The van der Waals surface area contributed by atoms with Crippen LogP contribution in [-0.4, -0.2) is 11.6 Å². The molecule has 1 heterocycles. The molecule has 3 nitrogen and oxygen atoms in total. The molecule has 72 valence electrons. The maximum atomic E-state index is 11.3. The van der Waals surface area contributed by atoms with Crippen LogP contribution in [0.1, 0.15) is 13.8 Å². The van der Waals surface area contributed by atoms with Gasteiger partial charge in [-0.3, -0.25) is 4.79 Å². The van der Waals surface area contributed by atoms with Crippen molar-refractivity contribution in [1.29, 1.82) is 5.41 Å². The molecule has 2 N–H and O–H groups in total. The number of hydrogen-bond acceptors (Lipinski definition) is 2. The summed E-state index contributed by atoms with van der Waals surface area (Å²) in [7, 11) is 0. The lowest BCUT2D eigenvalue weighted by atomic mass is 9.85. The van der Waals surface area contributed by atoms with E-state index in [2.05, 4.69) is 5.32 Å². The largest absolute Gasteiger partial charge is 0.325 e. The molecule has 0 radical (unpaired) electrons. The first-order valence-corrected chi connectivity index (χ1v) is 4.56. The highest BCUT2D eigenvalue weighted by Gasteiger charge is 2.26. The lowest BCUT2D eigenvalue weighted by Gasteiger charge is -2.27. The van der Waals surface area contributed by atoms with Crippen LogP contribution in [0.3, 0.4) is 0 Å². The summed E-state index contributed by atoms with van der Waals surface area (Å²) < 4.78 is 0. The molecule has 0 aromatic heterocycles. The highest BCUT2D eigenvalue weighted by atomic mass is 16.1. The monoisotopic (exact) mass is 188 g/mol. The van der Waals surface area contributed by atoms with Crippen molar-refractivity contribution in [1.82, 2.24) is 5.32 Å². The zero-order valence-corrected chi connectivity index (χ0v) is 8.22. The van der Waals surface area contributed by atoms with Crippen LogP contribution in [0.25, 0.3) is 0 Å². The highest BCUT2D eigenvalue weighted by Crippen LogP contribution is 2.29. The third-order valence-electron chi connectivity index (χ3n) is 2.68. The molecule has 2 aliphatic rings. The smallest absolute Gasteiger partial charge is 0.248 e. The van der Waals surface area contributed by atoms with Gasteiger partial charge in [-0.15, -0.1) is 0 Å². The normalized spacial score (nSPS) is 25.9. The number of carbonyl (C=O) groups excluding carboxylic acids is 1. The van der Waals surface area contributed by atoms with Crippen molar-refractivity contribution in [2.75, 3.05) is 0 Å². The van der Waals surface area contributed by atoms with Gasteiger partial charge in [0.2, 0.25) is 5.91 Å². The maximum Gasteiger partial charge on any atom is 0.248 e. The zero-order valence-electron chi connectivity index (χ0n) is 8.22. The summed E-state index contributed by atoms with van der Waals surface area (Å²) in [5, 5.41) is 10.4. The molecule has 1 amide bonds. The van der Waals surface area contributed by atoms with Crippen LogP contribution in [0.4, 0.5) is 0 Å². The first-order chi connectivity index (χ1) is 6.59. The number of allylic oxidation sites excluding steroid dienone is 3. The van der Waals surface area contributed by atoms with Gasteiger partial charge in [-0.25, -0.2) is 0 Å². The first kappa shape index (κ1) is 8.94. The van der Waals surface area contributed by atoms with Crippen LogP contribution in [0, 0.1) is 11.3 Å². The predicted octanol–water partition coefficient (Wildman–Crippen LogP) is 1.54. The Bertz CT molecular complexity index is 413. The van der Waals surface area contributed by atoms with Gasteiger partial charge in [0.05, 0.1) is 5.71 Å². The Balaban J connectivity index is 2.52. The quantitative estimate of drug-likeness (QED) is 0.595. The summed E-state index contributed by atoms with van der Waals surface area (Å²) in [5.41, 5.74) is 3.24. The minimum Gasteiger partial charge on any atom is -0.325 e. The summed E-state index contributed by atoms with van der Waals surface area (Å²) >= 11 is 0. The van der Waals surface area contributed by atoms with E-state index in [1.807, 2.05) is 19.9 Å². The second-order valence-electron chi connectivity index (χ2n) is 3.67. The summed E-state index contributed by atoms with van der Waals surface area (Å²) in [6.07, 6.45) is 5.36. The van der Waals surface area contributed by atoms with E-state index in [0.717, 1.165) is 16.8 Å². The van der Waals surface area contributed by atoms with Gasteiger partial charge < -0.3 is 10.7 Å². The molecule has 1 aliphatic heterocycles. The standard InChI is InChI=1S/C11H12N2O/c1-6-5-10(14)13-11-7(2)9(12)4-3-8(6)11/h3-5,8,12H,1-2H3,(H,13,14). The van der Waals surface area contributed by atoms with Gasteiger partial charge in [-0.2, -0.15) is 0 Å². The molecular weight excluding hydrogens is 176 g/mol. The summed E-state index contributed by atoms with van der Waals surface area (Å²) in [6, 6.07) is 0. The van der Waals surface area contributed by atoms with Crippen LogP contribution < -0.4 is 5.32 Å². The fourth-order valence-electron chi connectivity index (χ4n) is 1.81. The van der Waals surface area contributed by atoms with E-state index in [4.69, 9.17) is 5.41 Å². The number of nitrogens with one attached hydrogen (secondary N) is 2. The summed E-state index contributed by atoms with van der Waals surface area (Å²) in [4.78, 5) is 11.3. The van der Waals surface area contributed by atoms with Crippen LogP contribution in [-0.2, 0) is 4.79 Å². The fourth-order valence-corrected chi connectivity index (χ4v) is 1.81. The molecule has 0 saturated heterocycles. The molecule has 0 aromatic rings. The Morgan fingerprint density at radius 3 is 2.86 bits per heavy atom. The van der Waals surface area contributed by atoms with Crippen molar-refractivity contribution in [3.63, 3.8) is 0 Å². The van der Waals surface area contributed by atoms with Gasteiger partial charge in [0, 0.05) is 17.7 Å². The summed E-state index contributed by atoms with van der Waals surface area (Å²) in [5.74, 6) is 0.0676. The number of hydrogen-bond donors (Lipinski definition) is 2. The van der Waals surface area contributed by atoms with E-state index < -0.39 is 0 Å². The van der Waals surface area contributed by atoms with Crippen molar-refractivity contribution in [2.45, 2.75) is 13.8 Å². The third-order valence-corrected chi connectivity index (χ3v) is 2.68. The van der Waals surface area contributed by atoms with E-state index in [1.165, 1.54) is 0 Å². The number of carbonyl (C=O) groups is 1. The molecule has 2 rings (SSSR count). The highest BCUT2D eigenvalue weighted by molar-refractivity contribution is 6.08. The van der Waals surface area contributed by atoms with E-state index in [9.17, 15) is 4.79 Å². The predicted molar refractivity (Wildman–Crippen MR) is 55.0 cm³/mol. The topological polar surface area (TPSA) is 53.0 Å². The van der Waals surface area contributed by atoms with Crippen molar-refractivity contribution in [3.05, 3.63) is 35.1 Å². The Morgan fingerprint density at radius 1 is 1.43 bits per heavy atom. The van der Waals surface area contributed by atoms with Crippen LogP contribution >= 0.6 is 0 Å². The summed E-state index contributed by atoms with van der Waals surface area (Å²) in [6.45, 7) is 3.81. The molecule has 0 saturated carbocycles. The Morgan fingerprint density at radius 2 is 2.14 bits per heavy atom. The Kier molecular flexibility index (Phi) is 1.88. The zero-order chi connectivity index (χ0) is 10.3. The Labute approximate surface area is 82.7 Å². The van der Waals surface area contributed by atoms with Crippen LogP contribution in [0.2, 0.25) is 0 Å². The molecule has 14 heavy (non-hydrogen) atoms. The fraction of sp³-hybridized carbons (Fsp3) is 0.273. The van der Waals surface area contributed by atoms with Crippen molar-refractivity contribution in [2.24, 2.45) is 5.92 Å². The number of rotatable bonds is 0. The molecule has 0 spiro atoms. The van der Waals surface area contributed by atoms with Gasteiger partial charge in [-0.1, -0.05) is 11.6 Å². The second kappa shape index (κ2) is 2.94. The van der Waals surface area contributed by atoms with E-state index in [-0.39, 0.29) is 11.8 Å². The SMILES string of the molecule is CC1=CC(=O)NC2=C(C)C(=N)C=CC12. The van der Waals surface area contributed by atoms with Gasteiger partial charge in [0.1, 0.15) is 0 Å². The van der Waals surface area contributed by atoms with E-state index >= 15 is 0 Å². The van der Waals surface area contributed by atoms with Gasteiger partial charge in [0.15, 0.2) is 0 Å². The van der Waals surface area contributed by atoms with Crippen molar-refractivity contribution < 1.29 is 4.79 Å². The molecule has 1 aliphatic carbocycles. The molecule has 0 aromatic carbocycles. The lowest BCUT2D eigenvalue weighted by Crippen LogP contribution is -2.34. The van der Waals surface area contributed by atoms with Gasteiger partial charge >= 0.3 is 0 Å². The van der Waals surface area contributed by atoms with Gasteiger partial charge in [-0.05, 0) is 25.5 Å². The van der Waals surface area contributed by atoms with Gasteiger partial charge in [0.25, 0.3) is 0 Å². The van der Waals surface area contributed by atoms with Crippen LogP contribution in [0.15, 0.2) is 35.1 Å².